The Labute approximate surface area is 86.1 Å². The third-order valence-electron chi connectivity index (χ3n) is 1.82. The molecule has 0 unspecified atom stereocenters. The van der Waals surface area contributed by atoms with E-state index < -0.39 is 0 Å². The third kappa shape index (κ3) is 1.42. The zero-order valence-electron chi connectivity index (χ0n) is 7.16. The number of benzene rings is 1. The van der Waals surface area contributed by atoms with Gasteiger partial charge in [0.05, 0.1) is 11.2 Å². The minimum Gasteiger partial charge on any atom is -0.277 e. The van der Waals surface area contributed by atoms with Gasteiger partial charge >= 0.3 is 0 Å². The Morgan fingerprint density at radius 1 is 1.29 bits per heavy atom. The minimum atomic E-state index is 0.618. The molecule has 0 fully saturated rings. The van der Waals surface area contributed by atoms with Crippen molar-refractivity contribution in [2.45, 2.75) is 0 Å². The van der Waals surface area contributed by atoms with Crippen molar-refractivity contribution in [3.8, 4) is 0 Å². The molecule has 1 aromatic carbocycles. The summed E-state index contributed by atoms with van der Waals surface area (Å²) >= 11 is 3.99. The predicted octanol–water partition coefficient (Wildman–Crippen LogP) is 1.44. The van der Waals surface area contributed by atoms with Crippen LogP contribution >= 0.6 is 12.8 Å². The maximum absolute atomic E-state index is 10.6. The van der Waals surface area contributed by atoms with E-state index in [1.165, 1.54) is 4.31 Å². The van der Waals surface area contributed by atoms with Crippen LogP contribution in [-0.2, 0) is 4.79 Å². The highest BCUT2D eigenvalue weighted by molar-refractivity contribution is 7.82. The summed E-state index contributed by atoms with van der Waals surface area (Å²) in [6, 6.07) is 5.40. The van der Waals surface area contributed by atoms with Gasteiger partial charge in [0.1, 0.15) is 5.52 Å². The highest BCUT2D eigenvalue weighted by atomic mass is 32.1. The lowest BCUT2D eigenvalue weighted by atomic mass is 10.2. The lowest BCUT2D eigenvalue weighted by molar-refractivity contribution is -0.106. The summed E-state index contributed by atoms with van der Waals surface area (Å²) in [4.78, 5) is 18.8. The van der Waals surface area contributed by atoms with Crippen LogP contribution < -0.4 is 4.31 Å². The summed E-state index contributed by atoms with van der Waals surface area (Å²) in [5, 5.41) is 0. The lowest BCUT2D eigenvalue weighted by Gasteiger charge is -2.10. The van der Waals surface area contributed by atoms with E-state index in [-0.39, 0.29) is 0 Å². The average molecular weight is 205 g/mol. The third-order valence-corrected chi connectivity index (χ3v) is 2.13. The summed E-state index contributed by atoms with van der Waals surface area (Å²) < 4.78 is 1.18. The van der Waals surface area contributed by atoms with Gasteiger partial charge in [-0.25, -0.2) is 0 Å². The highest BCUT2D eigenvalue weighted by Gasteiger charge is 2.06. The maximum Gasteiger partial charge on any atom is 0.224 e. The van der Waals surface area contributed by atoms with Gasteiger partial charge in [-0.3, -0.25) is 19.1 Å². The molecule has 4 nitrogen and oxygen atoms in total. The molecule has 0 spiro atoms. The summed E-state index contributed by atoms with van der Waals surface area (Å²) in [5.74, 6) is 0. The molecule has 5 heteroatoms. The van der Waals surface area contributed by atoms with Gasteiger partial charge in [-0.1, -0.05) is 18.9 Å². The van der Waals surface area contributed by atoms with E-state index in [4.69, 9.17) is 0 Å². The maximum atomic E-state index is 10.6. The molecule has 1 aromatic heterocycles. The van der Waals surface area contributed by atoms with Gasteiger partial charge in [-0.2, -0.15) is 0 Å². The summed E-state index contributed by atoms with van der Waals surface area (Å²) in [6.45, 7) is 0. The number of amides is 1. The first-order chi connectivity index (χ1) is 6.83. The quantitative estimate of drug-likeness (QED) is 0.596. The first-order valence-electron chi connectivity index (χ1n) is 3.96. The number of fused-ring (bicyclic) bond motifs is 1. The van der Waals surface area contributed by atoms with Gasteiger partial charge in [-0.15, -0.1) is 0 Å². The van der Waals surface area contributed by atoms with E-state index in [0.29, 0.717) is 17.6 Å². The van der Waals surface area contributed by atoms with Crippen LogP contribution in [0.3, 0.4) is 0 Å². The average Bonchev–Trinajstić information content (AvgIpc) is 2.27. The topological polar surface area (TPSA) is 46.1 Å². The Morgan fingerprint density at radius 3 is 2.86 bits per heavy atom. The molecule has 0 aliphatic rings. The number of carbonyl (C=O) groups excluding carboxylic acids is 1. The number of carbonyl (C=O) groups is 1. The fourth-order valence-electron chi connectivity index (χ4n) is 1.22. The first-order valence-corrected chi connectivity index (χ1v) is 4.36. The number of para-hydroxylation sites is 1. The van der Waals surface area contributed by atoms with Gasteiger partial charge in [0.25, 0.3) is 0 Å². The molecule has 0 bridgehead atoms. The molecule has 0 saturated carbocycles. The van der Waals surface area contributed by atoms with E-state index in [1.807, 2.05) is 6.07 Å². The van der Waals surface area contributed by atoms with Crippen molar-refractivity contribution >= 4 is 35.9 Å². The molecule has 1 heterocycles. The smallest absolute Gasteiger partial charge is 0.224 e. The van der Waals surface area contributed by atoms with Crippen molar-refractivity contribution in [2.24, 2.45) is 0 Å². The molecule has 0 radical (unpaired) electrons. The Balaban J connectivity index is 2.70. The van der Waals surface area contributed by atoms with Gasteiger partial charge in [-0.05, 0) is 12.1 Å². The number of hydrogen-bond donors (Lipinski definition) is 1. The number of rotatable bonds is 2. The van der Waals surface area contributed by atoms with Crippen LogP contribution in [0.5, 0.6) is 0 Å². The number of anilines is 1. The summed E-state index contributed by atoms with van der Waals surface area (Å²) in [5.41, 5.74) is 2.04. The number of hydrogen-bond acceptors (Lipinski definition) is 4. The molecule has 0 aliphatic heterocycles. The zero-order chi connectivity index (χ0) is 9.97. The van der Waals surface area contributed by atoms with E-state index >= 15 is 0 Å². The molecule has 0 saturated heterocycles. The van der Waals surface area contributed by atoms with Crippen LogP contribution in [0.4, 0.5) is 5.69 Å². The van der Waals surface area contributed by atoms with E-state index in [0.717, 1.165) is 5.52 Å². The molecule has 0 atom stereocenters. The van der Waals surface area contributed by atoms with Crippen molar-refractivity contribution in [1.29, 1.82) is 0 Å². The lowest BCUT2D eigenvalue weighted by Crippen LogP contribution is -2.07. The fraction of sp³-hybridized carbons (Fsp3) is 0. The Bertz CT molecular complexity index is 469. The van der Waals surface area contributed by atoms with Crippen LogP contribution in [-0.4, -0.2) is 16.4 Å². The highest BCUT2D eigenvalue weighted by Crippen LogP contribution is 2.23. The molecule has 14 heavy (non-hydrogen) atoms. The molecule has 0 N–H and O–H groups in total. The van der Waals surface area contributed by atoms with Crippen molar-refractivity contribution in [3.63, 3.8) is 0 Å². The fourth-order valence-corrected chi connectivity index (χ4v) is 1.38. The predicted molar refractivity (Wildman–Crippen MR) is 57.1 cm³/mol. The second-order valence-electron chi connectivity index (χ2n) is 2.65. The Kier molecular flexibility index (Phi) is 2.32. The number of thiol groups is 1. The first kappa shape index (κ1) is 8.96. The van der Waals surface area contributed by atoms with Crippen molar-refractivity contribution < 1.29 is 4.79 Å². The molecule has 70 valence electrons. The second kappa shape index (κ2) is 3.63. The number of nitrogens with zero attached hydrogens (tertiary/aromatic N) is 3. The minimum absolute atomic E-state index is 0.618. The summed E-state index contributed by atoms with van der Waals surface area (Å²) in [6.07, 6.45) is 3.81. The van der Waals surface area contributed by atoms with Crippen molar-refractivity contribution in [1.82, 2.24) is 9.97 Å². The summed E-state index contributed by atoms with van der Waals surface area (Å²) in [7, 11) is 0. The Hall–Kier alpha value is -1.62. The van der Waals surface area contributed by atoms with Crippen molar-refractivity contribution in [2.75, 3.05) is 4.31 Å². The monoisotopic (exact) mass is 205 g/mol. The largest absolute Gasteiger partial charge is 0.277 e. The van der Waals surface area contributed by atoms with E-state index in [2.05, 4.69) is 22.8 Å². The molecule has 0 aliphatic carbocycles. The van der Waals surface area contributed by atoms with Crippen LogP contribution in [0.25, 0.3) is 11.0 Å². The van der Waals surface area contributed by atoms with Crippen LogP contribution in [0.15, 0.2) is 30.6 Å². The zero-order valence-corrected chi connectivity index (χ0v) is 8.06. The van der Waals surface area contributed by atoms with E-state index in [1.54, 1.807) is 24.5 Å². The molecular weight excluding hydrogens is 198 g/mol. The SMILES string of the molecule is O=CN(S)c1cccc2nccnc12. The van der Waals surface area contributed by atoms with Gasteiger partial charge in [0, 0.05) is 12.4 Å². The molecular formula is C9H7N3OS. The number of aromatic nitrogens is 2. The normalized spacial score (nSPS) is 10.1. The van der Waals surface area contributed by atoms with Gasteiger partial charge in [0.2, 0.25) is 6.41 Å². The Morgan fingerprint density at radius 2 is 2.07 bits per heavy atom. The molecule has 2 aromatic rings. The standard InChI is InChI=1S/C9H7N3OS/c13-6-12(14)8-3-1-2-7-9(8)11-5-4-10-7/h1-6,14H. The van der Waals surface area contributed by atoms with E-state index in [9.17, 15) is 4.79 Å². The molecule has 2 rings (SSSR count). The van der Waals surface area contributed by atoms with Crippen LogP contribution in [0, 0.1) is 0 Å². The van der Waals surface area contributed by atoms with Crippen LogP contribution in [0.2, 0.25) is 0 Å². The molecule has 1 amide bonds. The van der Waals surface area contributed by atoms with Crippen LogP contribution in [0.1, 0.15) is 0 Å². The van der Waals surface area contributed by atoms with Gasteiger partial charge < -0.3 is 0 Å². The van der Waals surface area contributed by atoms with Crippen molar-refractivity contribution in [3.05, 3.63) is 30.6 Å². The van der Waals surface area contributed by atoms with Gasteiger partial charge in [0.15, 0.2) is 0 Å². The second-order valence-corrected chi connectivity index (χ2v) is 3.08.